The number of anilines is 6. The Kier molecular flexibility index (Phi) is 27.5. The zero-order valence-corrected chi connectivity index (χ0v) is 96.6. The summed E-state index contributed by atoms with van der Waals surface area (Å²) in [7, 11) is 0. The Morgan fingerprint density at radius 1 is 0.142 bits per heavy atom. The fraction of sp³-hybridized carbons (Fsp3) is 0.342. The van der Waals surface area contributed by atoms with Crippen LogP contribution in [0.1, 0.15) is 340 Å². The van der Waals surface area contributed by atoms with Gasteiger partial charge in [0.1, 0.15) is 0 Å². The summed E-state index contributed by atoms with van der Waals surface area (Å²) in [5.41, 5.74) is 50.8. The molecule has 0 heterocycles. The lowest BCUT2D eigenvalue weighted by Gasteiger charge is -2.34. The van der Waals surface area contributed by atoms with Crippen LogP contribution >= 0.6 is 0 Å². The quantitative estimate of drug-likeness (QED) is 0.107. The van der Waals surface area contributed by atoms with Crippen LogP contribution in [0.15, 0.2) is 334 Å². The predicted octanol–water partition coefficient (Wildman–Crippen LogP) is 42.5. The van der Waals surface area contributed by atoms with E-state index in [1.165, 1.54) is 195 Å². The molecule has 18 rings (SSSR count). The van der Waals surface area contributed by atoms with Gasteiger partial charge in [0.15, 0.2) is 0 Å². The Bertz CT molecular complexity index is 7600. The molecular weight excluding hydrogens is 1780 g/mol. The summed E-state index contributed by atoms with van der Waals surface area (Å²) >= 11 is 0. The first-order chi connectivity index (χ1) is 68.8. The van der Waals surface area contributed by atoms with Gasteiger partial charge in [-0.05, 0) is 316 Å². The van der Waals surface area contributed by atoms with Gasteiger partial charge in [-0.15, -0.1) is 0 Å². The molecule has 0 amide bonds. The smallest absolute Gasteiger partial charge is 0.0549 e. The molecule has 2 heteroatoms. The fourth-order valence-electron chi connectivity index (χ4n) is 21.9. The summed E-state index contributed by atoms with van der Waals surface area (Å²) in [4.78, 5) is 5.20. The molecule has 0 atom stereocenters. The van der Waals surface area contributed by atoms with Crippen LogP contribution in [-0.4, -0.2) is 0 Å². The van der Waals surface area contributed by atoms with Crippen LogP contribution in [0.2, 0.25) is 0 Å². The van der Waals surface area contributed by atoms with E-state index in [0.717, 1.165) is 34.1 Å². The van der Waals surface area contributed by atoms with Gasteiger partial charge >= 0.3 is 0 Å². The molecule has 0 fully saturated rings. The van der Waals surface area contributed by atoms with E-state index in [1.54, 1.807) is 0 Å². The third-order valence-electron chi connectivity index (χ3n) is 31.8. The average Bonchev–Trinajstić information content (AvgIpc) is 1.43. The van der Waals surface area contributed by atoms with Crippen molar-refractivity contribution in [2.75, 3.05) is 9.80 Å². The monoisotopic (exact) mass is 1950 g/mol. The summed E-state index contributed by atoms with van der Waals surface area (Å²) in [6, 6.07) is 130. The average molecular weight is 1950 g/mol. The highest BCUT2D eigenvalue weighted by Gasteiger charge is 2.41. The Hall–Kier alpha value is -12.9. The molecule has 0 unspecified atom stereocenters. The second-order valence-corrected chi connectivity index (χ2v) is 55.4. The number of hydrogen-bond acceptors (Lipinski definition) is 2. The third kappa shape index (κ3) is 21.6. The van der Waals surface area contributed by atoms with Crippen LogP contribution in [0.4, 0.5) is 34.1 Å². The first-order valence-corrected chi connectivity index (χ1v) is 54.5. The summed E-state index contributed by atoms with van der Waals surface area (Å²) < 4.78 is 0. The first-order valence-electron chi connectivity index (χ1n) is 54.5. The molecule has 0 N–H and O–H groups in total. The van der Waals surface area contributed by atoms with Gasteiger partial charge in [-0.3, -0.25) is 0 Å². The molecule has 0 spiro atoms. The molecule has 2 nitrogen and oxygen atoms in total. The fourth-order valence-corrected chi connectivity index (χ4v) is 21.9. The second kappa shape index (κ2) is 38.3. The number of para-hydroxylation sites is 1. The molecule has 16 aromatic rings. The predicted molar refractivity (Wildman–Crippen MR) is 647 cm³/mol. The number of rotatable bonds is 14. The van der Waals surface area contributed by atoms with Crippen LogP contribution in [0.3, 0.4) is 0 Å². The van der Waals surface area contributed by atoms with Gasteiger partial charge < -0.3 is 9.80 Å². The Morgan fingerprint density at radius 2 is 0.405 bits per heavy atom. The van der Waals surface area contributed by atoms with Gasteiger partial charge in [0, 0.05) is 44.6 Å². The molecule has 0 saturated carbocycles. The molecule has 148 heavy (non-hydrogen) atoms. The minimum Gasteiger partial charge on any atom is -0.310 e. The van der Waals surface area contributed by atoms with Crippen LogP contribution in [-0.2, 0) is 70.4 Å². The lowest BCUT2D eigenvalue weighted by Crippen LogP contribution is -2.19. The van der Waals surface area contributed by atoms with Gasteiger partial charge in [0.25, 0.3) is 0 Å². The minimum absolute atomic E-state index is 0.0131. The molecular formula is C146H166N2. The van der Waals surface area contributed by atoms with Crippen LogP contribution < -0.4 is 9.80 Å². The van der Waals surface area contributed by atoms with Crippen molar-refractivity contribution in [3.63, 3.8) is 0 Å². The van der Waals surface area contributed by atoms with E-state index in [4.69, 9.17) is 0 Å². The highest BCUT2D eigenvalue weighted by Crippen LogP contribution is 2.59. The number of hydrogen-bond donors (Lipinski definition) is 0. The first kappa shape index (κ1) is 106. The van der Waals surface area contributed by atoms with Crippen molar-refractivity contribution in [2.45, 2.75) is 327 Å². The number of benzene rings is 16. The largest absolute Gasteiger partial charge is 0.310 e. The molecule has 0 saturated heterocycles. The van der Waals surface area contributed by atoms with E-state index in [0.29, 0.717) is 0 Å². The maximum absolute atomic E-state index is 2.60. The standard InChI is InChI=1S/C75H87N.C71H79N/c1-69(2,3)54-36-50(52-39-57(72(10,11)12)44-58(40-52)73(13,14)15)35-53(41-54)64-45-59(74(16,17)18)46-67(68(64)48-27-22-21-23-28-48)76(61-33-34-63-62-31-24-25-32-65(62)75(19,20)66(63)47-61)60-30-26-29-49(42-60)51-37-55(70(4,5)6)43-56(38-51)71(7,8)9;1-66(2,3)51-33-31-46(32-34-51)57-27-22-24-30-63(57)72(56-35-36-59-58-28-21-23-29-61(58)71(16,17)62(59)45-56)64-44-55(70(13,14)15)43-60(65(64)47-25-19-18-20-26-47)50-37-48(38-52(41-50)67(4,5)6)49-39-53(68(7,8)9)42-54(40-49)69(10,11)12/h21-47H,1-20H3;18-45H,1-17H3. The van der Waals surface area contributed by atoms with Gasteiger partial charge in [-0.1, -0.05) is 511 Å². The van der Waals surface area contributed by atoms with Crippen molar-refractivity contribution in [1.29, 1.82) is 0 Å². The number of fused-ring (bicyclic) bond motifs is 6. The van der Waals surface area contributed by atoms with Gasteiger partial charge in [0.05, 0.1) is 17.1 Å². The van der Waals surface area contributed by atoms with E-state index in [1.807, 2.05) is 0 Å². The molecule has 0 radical (unpaired) electrons. The third-order valence-corrected chi connectivity index (χ3v) is 31.8. The van der Waals surface area contributed by atoms with Crippen molar-refractivity contribution in [1.82, 2.24) is 0 Å². The molecule has 2 aliphatic carbocycles. The second-order valence-electron chi connectivity index (χ2n) is 55.4. The Balaban J connectivity index is 0.000000202. The highest BCUT2D eigenvalue weighted by molar-refractivity contribution is 6.03. The normalized spacial score (nSPS) is 13.8. The number of nitrogens with zero attached hydrogens (tertiary/aromatic N) is 2. The maximum atomic E-state index is 2.60. The maximum Gasteiger partial charge on any atom is 0.0549 e. The van der Waals surface area contributed by atoms with Crippen molar-refractivity contribution in [3.05, 3.63) is 417 Å². The van der Waals surface area contributed by atoms with E-state index >= 15 is 0 Å². The summed E-state index contributed by atoms with van der Waals surface area (Å²) in [5, 5.41) is 0. The van der Waals surface area contributed by atoms with Crippen molar-refractivity contribution in [2.24, 2.45) is 0 Å². The zero-order chi connectivity index (χ0) is 107. The zero-order valence-electron chi connectivity index (χ0n) is 96.6. The summed E-state index contributed by atoms with van der Waals surface area (Å²) in [6.45, 7) is 87.0. The Morgan fingerprint density at radius 3 is 0.757 bits per heavy atom. The van der Waals surface area contributed by atoms with E-state index in [-0.39, 0.29) is 70.4 Å². The summed E-state index contributed by atoms with van der Waals surface area (Å²) in [5.74, 6) is 0. The molecule has 0 aromatic heterocycles. The molecule has 2 aliphatic rings. The molecule has 760 valence electrons. The molecule has 0 bridgehead atoms. The van der Waals surface area contributed by atoms with E-state index < -0.39 is 0 Å². The van der Waals surface area contributed by atoms with E-state index in [9.17, 15) is 0 Å². The van der Waals surface area contributed by atoms with Gasteiger partial charge in [-0.25, -0.2) is 0 Å². The van der Waals surface area contributed by atoms with Crippen molar-refractivity contribution < 1.29 is 0 Å². The SMILES string of the molecule is CC(C)(C)c1cc(-c2cc(C(C)(C)C)cc(C(C)(C)C)c2)cc(-c2cc(C(C)(C)C)cc(N(c3cccc(-c4cc(C(C)(C)C)cc(C(C)(C)C)c4)c3)c3ccc4c(c3)C(C)(C)c3ccccc3-4)c2-c2ccccc2)c1.CC(C)(C)c1ccc(-c2ccccc2N(c2ccc3c(c2)C(C)(C)c2ccccc2-3)c2cc(C(C)(C)C)cc(-c3cc(-c4cc(C(C)(C)C)cc(C(C)(C)C)c4)cc(C(C)(C)C)c3)c2-c2ccccc2)cc1. The van der Waals surface area contributed by atoms with E-state index in [2.05, 4.69) is 600 Å². The molecule has 0 aliphatic heterocycles. The molecule has 16 aromatic carbocycles. The Labute approximate surface area is 892 Å². The lowest BCUT2D eigenvalue weighted by molar-refractivity contribution is 0.568. The van der Waals surface area contributed by atoms with Crippen LogP contribution in [0, 0.1) is 0 Å². The lowest BCUT2D eigenvalue weighted by atomic mass is 9.77. The highest BCUT2D eigenvalue weighted by atomic mass is 15.2. The van der Waals surface area contributed by atoms with Crippen LogP contribution in [0.5, 0.6) is 0 Å². The topological polar surface area (TPSA) is 6.48 Å². The van der Waals surface area contributed by atoms with Gasteiger partial charge in [-0.2, -0.15) is 0 Å². The summed E-state index contributed by atoms with van der Waals surface area (Å²) in [6.07, 6.45) is 0. The van der Waals surface area contributed by atoms with Crippen LogP contribution in [0.25, 0.3) is 111 Å². The van der Waals surface area contributed by atoms with Gasteiger partial charge in [0.2, 0.25) is 0 Å². The minimum atomic E-state index is -0.187. The van der Waals surface area contributed by atoms with Crippen molar-refractivity contribution in [3.8, 4) is 111 Å². The van der Waals surface area contributed by atoms with Crippen molar-refractivity contribution >= 4 is 34.1 Å².